The van der Waals surface area contributed by atoms with E-state index in [9.17, 15) is 0 Å². The second kappa shape index (κ2) is 5.32. The summed E-state index contributed by atoms with van der Waals surface area (Å²) in [6, 6.07) is 2.23. The standard InChI is InChI=1S/C16H26N4/c1-12-18-14(13-5-7-17-10-13)9-15(19-12)20-8-4-6-16(2,3)11-20/h9,13,17H,4-8,10-11H2,1-3H3/t13-/m1/s1. The third-order valence-corrected chi connectivity index (χ3v) is 4.55. The van der Waals surface area contributed by atoms with Crippen LogP contribution in [0, 0.1) is 12.3 Å². The Labute approximate surface area is 122 Å². The van der Waals surface area contributed by atoms with Crippen molar-refractivity contribution in [2.45, 2.75) is 46.0 Å². The first kappa shape index (κ1) is 13.8. The van der Waals surface area contributed by atoms with Gasteiger partial charge in [0, 0.05) is 31.6 Å². The summed E-state index contributed by atoms with van der Waals surface area (Å²) in [5.74, 6) is 2.60. The van der Waals surface area contributed by atoms with Crippen LogP contribution in [-0.2, 0) is 0 Å². The van der Waals surface area contributed by atoms with E-state index in [0.29, 0.717) is 11.3 Å². The molecule has 0 saturated carbocycles. The molecule has 0 radical (unpaired) electrons. The molecule has 0 spiro atoms. The van der Waals surface area contributed by atoms with E-state index < -0.39 is 0 Å². The molecule has 1 atom stereocenters. The quantitative estimate of drug-likeness (QED) is 0.899. The van der Waals surface area contributed by atoms with Gasteiger partial charge in [-0.1, -0.05) is 13.8 Å². The fourth-order valence-electron chi connectivity index (χ4n) is 3.47. The van der Waals surface area contributed by atoms with Crippen molar-refractivity contribution in [1.82, 2.24) is 15.3 Å². The van der Waals surface area contributed by atoms with Crippen LogP contribution in [0.15, 0.2) is 6.07 Å². The summed E-state index contributed by atoms with van der Waals surface area (Å²) >= 11 is 0. The van der Waals surface area contributed by atoms with Gasteiger partial charge in [0.25, 0.3) is 0 Å². The van der Waals surface area contributed by atoms with Gasteiger partial charge in [0.2, 0.25) is 0 Å². The Morgan fingerprint density at radius 3 is 2.90 bits per heavy atom. The molecule has 0 aromatic carbocycles. The molecule has 20 heavy (non-hydrogen) atoms. The first-order valence-corrected chi connectivity index (χ1v) is 7.85. The molecule has 4 heteroatoms. The summed E-state index contributed by atoms with van der Waals surface area (Å²) in [5, 5.41) is 3.43. The van der Waals surface area contributed by atoms with Crippen LogP contribution in [0.2, 0.25) is 0 Å². The predicted molar refractivity (Wildman–Crippen MR) is 82.2 cm³/mol. The van der Waals surface area contributed by atoms with Crippen LogP contribution in [0.4, 0.5) is 5.82 Å². The van der Waals surface area contributed by atoms with Gasteiger partial charge in [-0.2, -0.15) is 0 Å². The lowest BCUT2D eigenvalue weighted by Crippen LogP contribution is -2.40. The van der Waals surface area contributed by atoms with Gasteiger partial charge in [0.05, 0.1) is 5.69 Å². The lowest BCUT2D eigenvalue weighted by atomic mass is 9.84. The van der Waals surface area contributed by atoms with Gasteiger partial charge in [-0.05, 0) is 38.1 Å². The van der Waals surface area contributed by atoms with E-state index in [1.165, 1.54) is 25.0 Å². The molecule has 110 valence electrons. The van der Waals surface area contributed by atoms with E-state index in [2.05, 4.69) is 40.1 Å². The van der Waals surface area contributed by atoms with Gasteiger partial charge < -0.3 is 10.2 Å². The van der Waals surface area contributed by atoms with Crippen molar-refractivity contribution in [3.8, 4) is 0 Å². The molecule has 1 aromatic heterocycles. The second-order valence-electron chi connectivity index (χ2n) is 7.08. The molecule has 0 amide bonds. The minimum absolute atomic E-state index is 0.395. The number of rotatable bonds is 2. The predicted octanol–water partition coefficient (Wildman–Crippen LogP) is 2.49. The van der Waals surface area contributed by atoms with Crippen LogP contribution in [0.1, 0.15) is 50.5 Å². The first-order chi connectivity index (χ1) is 9.53. The van der Waals surface area contributed by atoms with Crippen molar-refractivity contribution in [3.05, 3.63) is 17.6 Å². The lowest BCUT2D eigenvalue weighted by molar-refractivity contribution is 0.292. The molecular formula is C16H26N4. The molecule has 2 fully saturated rings. The van der Waals surface area contributed by atoms with Crippen molar-refractivity contribution in [2.75, 3.05) is 31.1 Å². The van der Waals surface area contributed by atoms with Gasteiger partial charge in [0.15, 0.2) is 0 Å². The van der Waals surface area contributed by atoms with Crippen LogP contribution in [0.5, 0.6) is 0 Å². The Bertz CT molecular complexity index is 477. The van der Waals surface area contributed by atoms with Gasteiger partial charge in [0.1, 0.15) is 11.6 Å². The summed E-state index contributed by atoms with van der Waals surface area (Å²) < 4.78 is 0. The molecule has 1 N–H and O–H groups in total. The Kier molecular flexibility index (Phi) is 3.67. The maximum absolute atomic E-state index is 4.69. The molecule has 2 aliphatic rings. The number of nitrogens with zero attached hydrogens (tertiary/aromatic N) is 3. The third-order valence-electron chi connectivity index (χ3n) is 4.55. The molecular weight excluding hydrogens is 248 g/mol. The zero-order valence-corrected chi connectivity index (χ0v) is 12.9. The highest BCUT2D eigenvalue weighted by Gasteiger charge is 2.28. The molecule has 0 aliphatic carbocycles. The number of aryl methyl sites for hydroxylation is 1. The minimum Gasteiger partial charge on any atom is -0.356 e. The molecule has 4 nitrogen and oxygen atoms in total. The number of piperidine rings is 1. The fraction of sp³-hybridized carbons (Fsp3) is 0.750. The van der Waals surface area contributed by atoms with Crippen molar-refractivity contribution in [2.24, 2.45) is 5.41 Å². The monoisotopic (exact) mass is 274 g/mol. The number of aromatic nitrogens is 2. The highest BCUT2D eigenvalue weighted by molar-refractivity contribution is 5.41. The van der Waals surface area contributed by atoms with Crippen molar-refractivity contribution >= 4 is 5.82 Å². The third kappa shape index (κ3) is 2.95. The van der Waals surface area contributed by atoms with E-state index in [1.807, 2.05) is 6.92 Å². The highest BCUT2D eigenvalue weighted by Crippen LogP contribution is 2.32. The van der Waals surface area contributed by atoms with Crippen molar-refractivity contribution in [3.63, 3.8) is 0 Å². The molecule has 3 rings (SSSR count). The lowest BCUT2D eigenvalue weighted by Gasteiger charge is -2.39. The zero-order valence-electron chi connectivity index (χ0n) is 12.9. The van der Waals surface area contributed by atoms with Crippen LogP contribution < -0.4 is 10.2 Å². The zero-order chi connectivity index (χ0) is 14.2. The summed E-state index contributed by atoms with van der Waals surface area (Å²) in [6.45, 7) is 11.1. The van der Waals surface area contributed by atoms with Crippen LogP contribution in [0.25, 0.3) is 0 Å². The van der Waals surface area contributed by atoms with E-state index in [4.69, 9.17) is 0 Å². The topological polar surface area (TPSA) is 41.1 Å². The van der Waals surface area contributed by atoms with Crippen molar-refractivity contribution < 1.29 is 0 Å². The summed E-state index contributed by atoms with van der Waals surface area (Å²) in [4.78, 5) is 11.8. The van der Waals surface area contributed by atoms with Crippen molar-refractivity contribution in [1.29, 1.82) is 0 Å². The average molecular weight is 274 g/mol. The van der Waals surface area contributed by atoms with E-state index >= 15 is 0 Å². The molecule has 2 aliphatic heterocycles. The van der Waals surface area contributed by atoms with Gasteiger partial charge in [-0.15, -0.1) is 0 Å². The first-order valence-electron chi connectivity index (χ1n) is 7.85. The summed E-state index contributed by atoms with van der Waals surface area (Å²) in [5.41, 5.74) is 1.62. The molecule has 0 unspecified atom stereocenters. The van der Waals surface area contributed by atoms with E-state index in [0.717, 1.165) is 37.8 Å². The molecule has 2 saturated heterocycles. The summed E-state index contributed by atoms with van der Waals surface area (Å²) in [6.07, 6.45) is 3.77. The number of hydrogen-bond acceptors (Lipinski definition) is 4. The SMILES string of the molecule is Cc1nc([C@@H]2CCNC2)cc(N2CCCC(C)(C)C2)n1. The maximum atomic E-state index is 4.69. The number of hydrogen-bond donors (Lipinski definition) is 1. The largest absolute Gasteiger partial charge is 0.356 e. The average Bonchev–Trinajstić information content (AvgIpc) is 2.90. The number of anilines is 1. The Hall–Kier alpha value is -1.16. The van der Waals surface area contributed by atoms with E-state index in [1.54, 1.807) is 0 Å². The van der Waals surface area contributed by atoms with Crippen LogP contribution in [-0.4, -0.2) is 36.1 Å². The minimum atomic E-state index is 0.395. The normalized spacial score (nSPS) is 25.9. The smallest absolute Gasteiger partial charge is 0.132 e. The fourth-order valence-corrected chi connectivity index (χ4v) is 3.47. The Morgan fingerprint density at radius 1 is 1.35 bits per heavy atom. The van der Waals surface area contributed by atoms with E-state index in [-0.39, 0.29) is 0 Å². The highest BCUT2D eigenvalue weighted by atomic mass is 15.2. The summed E-state index contributed by atoms with van der Waals surface area (Å²) in [7, 11) is 0. The van der Waals surface area contributed by atoms with Gasteiger partial charge in [-0.25, -0.2) is 9.97 Å². The number of nitrogens with one attached hydrogen (secondary N) is 1. The van der Waals surface area contributed by atoms with Gasteiger partial charge in [-0.3, -0.25) is 0 Å². The Balaban J connectivity index is 1.85. The second-order valence-corrected chi connectivity index (χ2v) is 7.08. The molecule has 0 bridgehead atoms. The van der Waals surface area contributed by atoms with Crippen LogP contribution >= 0.6 is 0 Å². The molecule has 1 aromatic rings. The van der Waals surface area contributed by atoms with Crippen LogP contribution in [0.3, 0.4) is 0 Å². The Morgan fingerprint density at radius 2 is 2.20 bits per heavy atom. The molecule has 3 heterocycles. The van der Waals surface area contributed by atoms with Gasteiger partial charge >= 0.3 is 0 Å². The maximum Gasteiger partial charge on any atom is 0.132 e.